The van der Waals surface area contributed by atoms with Crippen molar-refractivity contribution in [2.45, 2.75) is 24.2 Å². The molecular weight excluding hydrogens is 276 g/mol. The Morgan fingerprint density at radius 2 is 1.65 bits per heavy atom. The first-order valence-electron chi connectivity index (χ1n) is 6.51. The van der Waals surface area contributed by atoms with Gasteiger partial charge in [-0.05, 0) is 30.5 Å². The van der Waals surface area contributed by atoms with E-state index in [1.165, 1.54) is 50.3 Å². The number of halogens is 1. The van der Waals surface area contributed by atoms with Gasteiger partial charge in [0.15, 0.2) is 0 Å². The SMILES string of the molecule is BrCc1ccc(N2CCN(C3CC3)CC2)cc1. The van der Waals surface area contributed by atoms with E-state index in [2.05, 4.69) is 50.0 Å². The molecule has 1 aliphatic carbocycles. The predicted molar refractivity (Wildman–Crippen MR) is 75.9 cm³/mol. The van der Waals surface area contributed by atoms with E-state index in [4.69, 9.17) is 0 Å². The van der Waals surface area contributed by atoms with Gasteiger partial charge in [-0.1, -0.05) is 28.1 Å². The molecule has 0 radical (unpaired) electrons. The van der Waals surface area contributed by atoms with Crippen molar-refractivity contribution in [2.75, 3.05) is 31.1 Å². The minimum absolute atomic E-state index is 0.924. The van der Waals surface area contributed by atoms with Crippen LogP contribution in [-0.2, 0) is 5.33 Å². The van der Waals surface area contributed by atoms with Crippen molar-refractivity contribution in [1.29, 1.82) is 0 Å². The van der Waals surface area contributed by atoms with Crippen LogP contribution in [0.3, 0.4) is 0 Å². The lowest BCUT2D eigenvalue weighted by Gasteiger charge is -2.36. The van der Waals surface area contributed by atoms with E-state index in [1.807, 2.05) is 0 Å². The lowest BCUT2D eigenvalue weighted by atomic mass is 10.2. The van der Waals surface area contributed by atoms with Gasteiger partial charge in [-0.15, -0.1) is 0 Å². The van der Waals surface area contributed by atoms with E-state index in [0.29, 0.717) is 0 Å². The maximum absolute atomic E-state index is 3.49. The minimum Gasteiger partial charge on any atom is -0.369 e. The molecule has 0 spiro atoms. The summed E-state index contributed by atoms with van der Waals surface area (Å²) in [6.07, 6.45) is 2.86. The third kappa shape index (κ3) is 2.66. The van der Waals surface area contributed by atoms with Crippen molar-refractivity contribution in [3.05, 3.63) is 29.8 Å². The molecule has 0 amide bonds. The van der Waals surface area contributed by atoms with E-state index in [0.717, 1.165) is 11.4 Å². The predicted octanol–water partition coefficient (Wildman–Crippen LogP) is 2.87. The molecule has 92 valence electrons. The summed E-state index contributed by atoms with van der Waals surface area (Å²) in [6, 6.07) is 9.87. The van der Waals surface area contributed by atoms with Crippen molar-refractivity contribution in [1.82, 2.24) is 4.90 Å². The van der Waals surface area contributed by atoms with Crippen LogP contribution in [0.5, 0.6) is 0 Å². The normalized spacial score (nSPS) is 21.8. The maximum atomic E-state index is 3.49. The van der Waals surface area contributed by atoms with Gasteiger partial charge in [0.1, 0.15) is 0 Å². The Morgan fingerprint density at radius 1 is 1.00 bits per heavy atom. The number of alkyl halides is 1. The highest BCUT2D eigenvalue weighted by Gasteiger charge is 2.31. The van der Waals surface area contributed by atoms with E-state index in [1.54, 1.807) is 0 Å². The Morgan fingerprint density at radius 3 is 2.18 bits per heavy atom. The van der Waals surface area contributed by atoms with Gasteiger partial charge in [-0.25, -0.2) is 0 Å². The van der Waals surface area contributed by atoms with Crippen LogP contribution in [0.15, 0.2) is 24.3 Å². The second-order valence-electron chi connectivity index (χ2n) is 5.05. The fourth-order valence-corrected chi connectivity index (χ4v) is 2.95. The standard InChI is InChI=1S/C14H19BrN2/c15-11-12-1-3-13(4-2-12)16-7-9-17(10-8-16)14-5-6-14/h1-4,14H,5-11H2. The quantitative estimate of drug-likeness (QED) is 0.791. The number of piperazine rings is 1. The Hall–Kier alpha value is -0.540. The topological polar surface area (TPSA) is 6.48 Å². The third-order valence-corrected chi connectivity index (χ3v) is 4.48. The number of benzene rings is 1. The molecule has 2 fully saturated rings. The lowest BCUT2D eigenvalue weighted by molar-refractivity contribution is 0.248. The minimum atomic E-state index is 0.924. The van der Waals surface area contributed by atoms with Gasteiger partial charge in [0, 0.05) is 43.2 Å². The molecular formula is C14H19BrN2. The Bertz CT molecular complexity index is 364. The van der Waals surface area contributed by atoms with E-state index >= 15 is 0 Å². The third-order valence-electron chi connectivity index (χ3n) is 3.83. The van der Waals surface area contributed by atoms with Crippen LogP contribution in [0.4, 0.5) is 5.69 Å². The summed E-state index contributed by atoms with van der Waals surface area (Å²) >= 11 is 3.49. The molecule has 1 aromatic rings. The molecule has 0 aromatic heterocycles. The molecule has 2 nitrogen and oxygen atoms in total. The molecule has 2 aliphatic rings. The average molecular weight is 295 g/mol. The van der Waals surface area contributed by atoms with Crippen LogP contribution < -0.4 is 4.90 Å². The molecule has 3 heteroatoms. The zero-order valence-electron chi connectivity index (χ0n) is 10.1. The monoisotopic (exact) mass is 294 g/mol. The molecule has 1 saturated heterocycles. The second kappa shape index (κ2) is 4.99. The first-order valence-corrected chi connectivity index (χ1v) is 7.63. The molecule has 1 aliphatic heterocycles. The molecule has 1 aromatic carbocycles. The number of hydrogen-bond acceptors (Lipinski definition) is 2. The molecule has 0 bridgehead atoms. The number of anilines is 1. The zero-order chi connectivity index (χ0) is 11.7. The van der Waals surface area contributed by atoms with Crippen molar-refractivity contribution < 1.29 is 0 Å². The highest BCUT2D eigenvalue weighted by molar-refractivity contribution is 9.08. The number of nitrogens with zero attached hydrogens (tertiary/aromatic N) is 2. The highest BCUT2D eigenvalue weighted by atomic mass is 79.9. The summed E-state index contributed by atoms with van der Waals surface area (Å²) in [7, 11) is 0. The molecule has 17 heavy (non-hydrogen) atoms. The maximum Gasteiger partial charge on any atom is 0.0367 e. The first kappa shape index (κ1) is 11.5. The Balaban J connectivity index is 1.60. The van der Waals surface area contributed by atoms with Crippen LogP contribution in [0.2, 0.25) is 0 Å². The summed E-state index contributed by atoms with van der Waals surface area (Å²) in [5, 5.41) is 0.947. The second-order valence-corrected chi connectivity index (χ2v) is 5.62. The smallest absolute Gasteiger partial charge is 0.0367 e. The van der Waals surface area contributed by atoms with Crippen LogP contribution in [0.25, 0.3) is 0 Å². The van der Waals surface area contributed by atoms with E-state index in [-0.39, 0.29) is 0 Å². The van der Waals surface area contributed by atoms with E-state index < -0.39 is 0 Å². The van der Waals surface area contributed by atoms with Crippen molar-refractivity contribution in [2.24, 2.45) is 0 Å². The first-order chi connectivity index (χ1) is 8.36. The van der Waals surface area contributed by atoms with Crippen LogP contribution in [0, 0.1) is 0 Å². The lowest BCUT2D eigenvalue weighted by Crippen LogP contribution is -2.47. The molecule has 3 rings (SSSR count). The van der Waals surface area contributed by atoms with Gasteiger partial charge >= 0.3 is 0 Å². The van der Waals surface area contributed by atoms with Crippen molar-refractivity contribution >= 4 is 21.6 Å². The summed E-state index contributed by atoms with van der Waals surface area (Å²) in [5.74, 6) is 0. The largest absolute Gasteiger partial charge is 0.369 e. The Kier molecular flexibility index (Phi) is 3.39. The molecule has 0 atom stereocenters. The van der Waals surface area contributed by atoms with Crippen molar-refractivity contribution in [3.8, 4) is 0 Å². The highest BCUT2D eigenvalue weighted by Crippen LogP contribution is 2.28. The van der Waals surface area contributed by atoms with Gasteiger partial charge in [-0.3, -0.25) is 4.90 Å². The zero-order valence-corrected chi connectivity index (χ0v) is 11.7. The van der Waals surface area contributed by atoms with Gasteiger partial charge in [0.05, 0.1) is 0 Å². The van der Waals surface area contributed by atoms with Crippen LogP contribution in [0.1, 0.15) is 18.4 Å². The average Bonchev–Trinajstić information content (AvgIpc) is 3.24. The summed E-state index contributed by atoms with van der Waals surface area (Å²) < 4.78 is 0. The molecule has 0 N–H and O–H groups in total. The summed E-state index contributed by atoms with van der Waals surface area (Å²) in [6.45, 7) is 4.85. The van der Waals surface area contributed by atoms with Gasteiger partial charge in [0.2, 0.25) is 0 Å². The Labute approximate surface area is 112 Å². The van der Waals surface area contributed by atoms with Crippen LogP contribution >= 0.6 is 15.9 Å². The van der Waals surface area contributed by atoms with E-state index in [9.17, 15) is 0 Å². The van der Waals surface area contributed by atoms with Gasteiger partial charge < -0.3 is 4.90 Å². The molecule has 0 unspecified atom stereocenters. The summed E-state index contributed by atoms with van der Waals surface area (Å²) in [4.78, 5) is 5.17. The fourth-order valence-electron chi connectivity index (χ4n) is 2.58. The van der Waals surface area contributed by atoms with Gasteiger partial charge in [-0.2, -0.15) is 0 Å². The van der Waals surface area contributed by atoms with Crippen molar-refractivity contribution in [3.63, 3.8) is 0 Å². The van der Waals surface area contributed by atoms with Crippen LogP contribution in [-0.4, -0.2) is 37.1 Å². The molecule has 1 heterocycles. The molecule has 1 saturated carbocycles. The fraction of sp³-hybridized carbons (Fsp3) is 0.571. The van der Waals surface area contributed by atoms with Gasteiger partial charge in [0.25, 0.3) is 0 Å². The number of hydrogen-bond donors (Lipinski definition) is 0. The number of rotatable bonds is 3. The summed E-state index contributed by atoms with van der Waals surface area (Å²) in [5.41, 5.74) is 2.73.